The molecular weight excluding hydrogens is 241 g/mol. The van der Waals surface area contributed by atoms with Crippen molar-refractivity contribution in [3.8, 4) is 6.01 Å². The largest absolute Gasteiger partial charge is 0.461 e. The molecule has 0 amide bonds. The summed E-state index contributed by atoms with van der Waals surface area (Å²) in [5.74, 6) is -0.744. The van der Waals surface area contributed by atoms with Gasteiger partial charge in [-0.2, -0.15) is 18.2 Å². The normalized spacial score (nSPS) is 11.1. The van der Waals surface area contributed by atoms with Crippen LogP contribution in [0.3, 0.4) is 0 Å². The van der Waals surface area contributed by atoms with Crippen LogP contribution in [0.15, 0.2) is 12.3 Å². The molecule has 0 spiro atoms. The minimum absolute atomic E-state index is 0.140. The van der Waals surface area contributed by atoms with Crippen LogP contribution in [-0.2, 0) is 4.74 Å². The Balaban J connectivity index is 2.69. The average molecular weight is 250 g/mol. The van der Waals surface area contributed by atoms with E-state index in [0.717, 1.165) is 6.20 Å². The lowest BCUT2D eigenvalue weighted by Gasteiger charge is -2.07. The quantitative estimate of drug-likeness (QED) is 0.759. The van der Waals surface area contributed by atoms with E-state index < -0.39 is 24.8 Å². The van der Waals surface area contributed by atoms with Gasteiger partial charge in [0.15, 0.2) is 12.3 Å². The van der Waals surface area contributed by atoms with Crippen LogP contribution in [0.25, 0.3) is 0 Å². The summed E-state index contributed by atoms with van der Waals surface area (Å²) in [7, 11) is 0. The molecule has 0 fully saturated rings. The molecule has 0 atom stereocenters. The number of hydrogen-bond donors (Lipinski definition) is 0. The monoisotopic (exact) mass is 250 g/mol. The molecule has 1 aromatic rings. The van der Waals surface area contributed by atoms with Gasteiger partial charge >= 0.3 is 18.2 Å². The van der Waals surface area contributed by atoms with Crippen LogP contribution in [0.1, 0.15) is 17.4 Å². The smallest absolute Gasteiger partial charge is 0.422 e. The van der Waals surface area contributed by atoms with Crippen molar-refractivity contribution in [2.75, 3.05) is 13.2 Å². The van der Waals surface area contributed by atoms with Crippen molar-refractivity contribution in [2.24, 2.45) is 0 Å². The van der Waals surface area contributed by atoms with Crippen molar-refractivity contribution >= 4 is 5.97 Å². The van der Waals surface area contributed by atoms with Crippen molar-refractivity contribution < 1.29 is 27.4 Å². The maximum absolute atomic E-state index is 11.8. The zero-order valence-electron chi connectivity index (χ0n) is 8.82. The van der Waals surface area contributed by atoms with Gasteiger partial charge in [0, 0.05) is 6.20 Å². The van der Waals surface area contributed by atoms with E-state index in [2.05, 4.69) is 19.4 Å². The molecule has 0 N–H and O–H groups in total. The van der Waals surface area contributed by atoms with Gasteiger partial charge in [0.2, 0.25) is 0 Å². The molecule has 0 aliphatic rings. The van der Waals surface area contributed by atoms with E-state index in [0.29, 0.717) is 0 Å². The Morgan fingerprint density at radius 1 is 1.47 bits per heavy atom. The molecule has 1 heterocycles. The first kappa shape index (κ1) is 13.2. The molecule has 0 aliphatic carbocycles. The summed E-state index contributed by atoms with van der Waals surface area (Å²) in [5.41, 5.74) is -0.154. The van der Waals surface area contributed by atoms with Crippen LogP contribution < -0.4 is 4.74 Å². The van der Waals surface area contributed by atoms with Gasteiger partial charge in [-0.1, -0.05) is 0 Å². The van der Waals surface area contributed by atoms with Gasteiger partial charge in [0.1, 0.15) is 0 Å². The van der Waals surface area contributed by atoms with Gasteiger partial charge in [-0.05, 0) is 13.0 Å². The van der Waals surface area contributed by atoms with Gasteiger partial charge in [-0.15, -0.1) is 0 Å². The van der Waals surface area contributed by atoms with Crippen LogP contribution in [0.2, 0.25) is 0 Å². The molecule has 0 unspecified atom stereocenters. The number of aromatic nitrogens is 2. The van der Waals surface area contributed by atoms with Crippen molar-refractivity contribution in [3.05, 3.63) is 18.0 Å². The van der Waals surface area contributed by atoms with Gasteiger partial charge < -0.3 is 9.47 Å². The van der Waals surface area contributed by atoms with Crippen LogP contribution in [-0.4, -0.2) is 35.3 Å². The second kappa shape index (κ2) is 5.46. The number of esters is 1. The summed E-state index contributed by atoms with van der Waals surface area (Å²) in [6.07, 6.45) is -3.37. The van der Waals surface area contributed by atoms with Gasteiger partial charge in [0.05, 0.1) is 6.61 Å². The first-order valence-corrected chi connectivity index (χ1v) is 4.62. The Labute approximate surface area is 94.6 Å². The fraction of sp³-hybridized carbons (Fsp3) is 0.444. The summed E-state index contributed by atoms with van der Waals surface area (Å²) >= 11 is 0. The van der Waals surface area contributed by atoms with E-state index in [4.69, 9.17) is 0 Å². The van der Waals surface area contributed by atoms with E-state index in [1.54, 1.807) is 6.92 Å². The van der Waals surface area contributed by atoms with E-state index in [9.17, 15) is 18.0 Å². The Morgan fingerprint density at radius 2 is 2.18 bits per heavy atom. The standard InChI is InChI=1S/C9H9F3N2O3/c1-2-16-7(15)6-3-4-13-8(14-6)17-5-9(10,11)12/h3-4H,2,5H2,1H3. The van der Waals surface area contributed by atoms with Gasteiger partial charge in [-0.25, -0.2) is 9.78 Å². The number of carbonyl (C=O) groups is 1. The van der Waals surface area contributed by atoms with Gasteiger partial charge in [0.25, 0.3) is 0 Å². The predicted molar refractivity (Wildman–Crippen MR) is 49.5 cm³/mol. The molecule has 94 valence electrons. The number of carbonyl (C=O) groups excluding carboxylic acids is 1. The highest BCUT2D eigenvalue weighted by Gasteiger charge is 2.29. The molecule has 0 bridgehead atoms. The molecule has 1 aromatic heterocycles. The Hall–Kier alpha value is -1.86. The fourth-order valence-electron chi connectivity index (χ4n) is 0.875. The number of hydrogen-bond acceptors (Lipinski definition) is 5. The van der Waals surface area contributed by atoms with Crippen molar-refractivity contribution in [1.29, 1.82) is 0 Å². The van der Waals surface area contributed by atoms with Crippen molar-refractivity contribution in [2.45, 2.75) is 13.1 Å². The Morgan fingerprint density at radius 3 is 2.76 bits per heavy atom. The topological polar surface area (TPSA) is 61.3 Å². The molecule has 1 rings (SSSR count). The maximum atomic E-state index is 11.8. The minimum Gasteiger partial charge on any atom is -0.461 e. The van der Waals surface area contributed by atoms with Crippen LogP contribution in [0.4, 0.5) is 13.2 Å². The fourth-order valence-corrected chi connectivity index (χ4v) is 0.875. The molecule has 0 radical (unpaired) electrons. The molecule has 0 aromatic carbocycles. The van der Waals surface area contributed by atoms with Gasteiger partial charge in [-0.3, -0.25) is 0 Å². The Bertz CT molecular complexity index is 395. The van der Waals surface area contributed by atoms with E-state index in [1.807, 2.05) is 0 Å². The van der Waals surface area contributed by atoms with Crippen molar-refractivity contribution in [3.63, 3.8) is 0 Å². The zero-order valence-corrected chi connectivity index (χ0v) is 8.82. The minimum atomic E-state index is -4.48. The summed E-state index contributed by atoms with van der Waals surface area (Å²) in [6.45, 7) is 0.223. The van der Waals surface area contributed by atoms with E-state index >= 15 is 0 Å². The summed E-state index contributed by atoms with van der Waals surface area (Å²) in [6, 6.07) is 0.700. The van der Waals surface area contributed by atoms with E-state index in [-0.39, 0.29) is 12.3 Å². The van der Waals surface area contributed by atoms with Crippen LogP contribution in [0, 0.1) is 0 Å². The molecule has 0 aliphatic heterocycles. The number of alkyl halides is 3. The highest BCUT2D eigenvalue weighted by Crippen LogP contribution is 2.15. The Kier molecular flexibility index (Phi) is 4.24. The highest BCUT2D eigenvalue weighted by atomic mass is 19.4. The lowest BCUT2D eigenvalue weighted by atomic mass is 10.4. The number of halogens is 3. The maximum Gasteiger partial charge on any atom is 0.422 e. The molecule has 17 heavy (non-hydrogen) atoms. The zero-order chi connectivity index (χ0) is 12.9. The van der Waals surface area contributed by atoms with Crippen molar-refractivity contribution in [1.82, 2.24) is 9.97 Å². The third kappa shape index (κ3) is 4.66. The second-order valence-electron chi connectivity index (χ2n) is 2.85. The number of nitrogens with zero attached hydrogens (tertiary/aromatic N) is 2. The molecular formula is C9H9F3N2O3. The van der Waals surface area contributed by atoms with E-state index in [1.165, 1.54) is 6.07 Å². The molecule has 0 saturated heterocycles. The summed E-state index contributed by atoms with van der Waals surface area (Å²) in [5, 5.41) is 0. The molecule has 0 saturated carbocycles. The second-order valence-corrected chi connectivity index (χ2v) is 2.85. The molecule has 8 heteroatoms. The summed E-state index contributed by atoms with van der Waals surface area (Å²) < 4.78 is 44.5. The number of ether oxygens (including phenoxy) is 2. The first-order valence-electron chi connectivity index (χ1n) is 4.62. The lowest BCUT2D eigenvalue weighted by molar-refractivity contribution is -0.154. The third-order valence-corrected chi connectivity index (χ3v) is 1.48. The van der Waals surface area contributed by atoms with Crippen LogP contribution in [0.5, 0.6) is 6.01 Å². The third-order valence-electron chi connectivity index (χ3n) is 1.48. The first-order chi connectivity index (χ1) is 7.92. The highest BCUT2D eigenvalue weighted by molar-refractivity contribution is 5.87. The average Bonchev–Trinajstić information content (AvgIpc) is 2.26. The predicted octanol–water partition coefficient (Wildman–Crippen LogP) is 1.59. The number of rotatable bonds is 4. The summed E-state index contributed by atoms with van der Waals surface area (Å²) in [4.78, 5) is 18.1. The molecule has 5 nitrogen and oxygen atoms in total. The lowest BCUT2D eigenvalue weighted by Crippen LogP contribution is -2.20. The SMILES string of the molecule is CCOC(=O)c1ccnc(OCC(F)(F)F)n1. The van der Waals surface area contributed by atoms with Crippen LogP contribution >= 0.6 is 0 Å².